The molecule has 0 saturated heterocycles. The molecule has 1 heterocycles. The molecule has 0 spiro atoms. The highest BCUT2D eigenvalue weighted by Gasteiger charge is 2.30. The van der Waals surface area contributed by atoms with E-state index in [4.69, 9.17) is 0 Å². The summed E-state index contributed by atoms with van der Waals surface area (Å²) in [4.78, 5) is 35.7. The highest BCUT2D eigenvalue weighted by atomic mass is 16.2. The van der Waals surface area contributed by atoms with Crippen LogP contribution in [0.15, 0.2) is 48.5 Å². The first kappa shape index (κ1) is 16.5. The number of carbonyl (C=O) groups is 3. The van der Waals surface area contributed by atoms with Crippen LogP contribution in [-0.4, -0.2) is 24.9 Å². The van der Waals surface area contributed by atoms with Crippen molar-refractivity contribution in [2.24, 2.45) is 0 Å². The van der Waals surface area contributed by atoms with Gasteiger partial charge < -0.3 is 21.3 Å². The standard InChI is InChI=1S/C18H18N4O3/c1-19-18(25)21-12-8-6-11(7-9-12)20-17(24)14-10-16(23)22-15-5-3-2-4-13(14)15/h2-9,14H,10H2,1H3,(H,20,24)(H,22,23)(H2,19,21,25). The molecule has 0 fully saturated rings. The molecule has 1 unspecified atom stereocenters. The monoisotopic (exact) mass is 338 g/mol. The fourth-order valence-corrected chi connectivity index (χ4v) is 2.71. The molecule has 0 saturated carbocycles. The van der Waals surface area contributed by atoms with Crippen molar-refractivity contribution < 1.29 is 14.4 Å². The molecule has 1 atom stereocenters. The van der Waals surface area contributed by atoms with Gasteiger partial charge in [0.25, 0.3) is 0 Å². The Labute approximate surface area is 144 Å². The van der Waals surface area contributed by atoms with Crippen LogP contribution in [0.1, 0.15) is 17.9 Å². The fraction of sp³-hybridized carbons (Fsp3) is 0.167. The molecule has 0 radical (unpaired) electrons. The van der Waals surface area contributed by atoms with Crippen LogP contribution in [0.2, 0.25) is 0 Å². The predicted octanol–water partition coefficient (Wildman–Crippen LogP) is 2.50. The molecule has 7 nitrogen and oxygen atoms in total. The fourth-order valence-electron chi connectivity index (χ4n) is 2.71. The summed E-state index contributed by atoms with van der Waals surface area (Å²) in [5.41, 5.74) is 2.68. The minimum atomic E-state index is -0.534. The molecule has 25 heavy (non-hydrogen) atoms. The van der Waals surface area contributed by atoms with Crippen LogP contribution < -0.4 is 21.3 Å². The molecular formula is C18H18N4O3. The van der Waals surface area contributed by atoms with E-state index in [9.17, 15) is 14.4 Å². The summed E-state index contributed by atoms with van der Waals surface area (Å²) in [6.45, 7) is 0. The van der Waals surface area contributed by atoms with Gasteiger partial charge in [0.1, 0.15) is 0 Å². The van der Waals surface area contributed by atoms with Crippen molar-refractivity contribution in [1.82, 2.24) is 5.32 Å². The van der Waals surface area contributed by atoms with Crippen molar-refractivity contribution in [2.45, 2.75) is 12.3 Å². The van der Waals surface area contributed by atoms with Crippen molar-refractivity contribution in [3.63, 3.8) is 0 Å². The first-order chi connectivity index (χ1) is 12.1. The SMILES string of the molecule is CNC(=O)Nc1ccc(NC(=O)C2CC(=O)Nc3ccccc32)cc1. The lowest BCUT2D eigenvalue weighted by atomic mass is 9.90. The quantitative estimate of drug-likeness (QED) is 0.692. The number of rotatable bonds is 3. The van der Waals surface area contributed by atoms with Gasteiger partial charge in [0.15, 0.2) is 0 Å². The van der Waals surface area contributed by atoms with E-state index < -0.39 is 5.92 Å². The number of carbonyl (C=O) groups excluding carboxylic acids is 3. The zero-order valence-corrected chi connectivity index (χ0v) is 13.6. The van der Waals surface area contributed by atoms with Crippen LogP contribution >= 0.6 is 0 Å². The number of fused-ring (bicyclic) bond motifs is 1. The first-order valence-corrected chi connectivity index (χ1v) is 7.85. The van der Waals surface area contributed by atoms with Crippen molar-refractivity contribution >= 4 is 34.9 Å². The molecule has 3 rings (SSSR count). The first-order valence-electron chi connectivity index (χ1n) is 7.85. The summed E-state index contributed by atoms with van der Waals surface area (Å²) in [7, 11) is 1.53. The Balaban J connectivity index is 1.72. The predicted molar refractivity (Wildman–Crippen MR) is 95.6 cm³/mol. The van der Waals surface area contributed by atoms with Crippen LogP contribution in [0.3, 0.4) is 0 Å². The number of nitrogens with one attached hydrogen (secondary N) is 4. The van der Waals surface area contributed by atoms with Crippen LogP contribution in [0.5, 0.6) is 0 Å². The zero-order chi connectivity index (χ0) is 17.8. The third kappa shape index (κ3) is 3.77. The topological polar surface area (TPSA) is 99.3 Å². The van der Waals surface area contributed by atoms with Crippen LogP contribution in [-0.2, 0) is 9.59 Å². The molecule has 1 aliphatic heterocycles. The Morgan fingerprint density at radius 1 is 1.00 bits per heavy atom. The highest BCUT2D eigenvalue weighted by molar-refractivity contribution is 6.05. The van der Waals surface area contributed by atoms with Crippen molar-refractivity contribution in [2.75, 3.05) is 23.0 Å². The van der Waals surface area contributed by atoms with E-state index in [0.717, 1.165) is 5.56 Å². The number of hydrogen-bond acceptors (Lipinski definition) is 3. The molecule has 0 bridgehead atoms. The van der Waals surface area contributed by atoms with E-state index in [1.807, 2.05) is 18.2 Å². The van der Waals surface area contributed by atoms with Crippen molar-refractivity contribution in [3.8, 4) is 0 Å². The summed E-state index contributed by atoms with van der Waals surface area (Å²) in [5.74, 6) is -0.952. The number of anilines is 3. The van der Waals surface area contributed by atoms with Gasteiger partial charge in [0, 0.05) is 30.5 Å². The van der Waals surface area contributed by atoms with Gasteiger partial charge >= 0.3 is 6.03 Å². The van der Waals surface area contributed by atoms with Gasteiger partial charge in [0.2, 0.25) is 11.8 Å². The van der Waals surface area contributed by atoms with E-state index in [1.165, 1.54) is 7.05 Å². The van der Waals surface area contributed by atoms with Gasteiger partial charge in [-0.05, 0) is 35.9 Å². The van der Waals surface area contributed by atoms with Gasteiger partial charge in [0.05, 0.1) is 5.92 Å². The molecule has 0 aliphatic carbocycles. The van der Waals surface area contributed by atoms with E-state index in [-0.39, 0.29) is 24.3 Å². The van der Waals surface area contributed by atoms with E-state index in [2.05, 4.69) is 21.3 Å². The summed E-state index contributed by atoms with van der Waals surface area (Å²) in [6, 6.07) is 13.7. The number of hydrogen-bond donors (Lipinski definition) is 4. The molecule has 1 aliphatic rings. The molecule has 7 heteroatoms. The Morgan fingerprint density at radius 2 is 1.64 bits per heavy atom. The summed E-state index contributed by atoms with van der Waals surface area (Å²) in [6.07, 6.45) is 0.110. The van der Waals surface area contributed by atoms with Gasteiger partial charge in [-0.2, -0.15) is 0 Å². The number of amides is 4. The Bertz CT molecular complexity index is 817. The third-order valence-corrected chi connectivity index (χ3v) is 3.95. The van der Waals surface area contributed by atoms with Gasteiger partial charge in [-0.3, -0.25) is 9.59 Å². The van der Waals surface area contributed by atoms with Gasteiger partial charge in [-0.25, -0.2) is 4.79 Å². The molecule has 128 valence electrons. The average molecular weight is 338 g/mol. The largest absolute Gasteiger partial charge is 0.341 e. The van der Waals surface area contributed by atoms with Gasteiger partial charge in [-0.15, -0.1) is 0 Å². The van der Waals surface area contributed by atoms with Crippen LogP contribution in [0.4, 0.5) is 21.9 Å². The Hall–Kier alpha value is -3.35. The maximum atomic E-state index is 12.6. The second kappa shape index (κ2) is 7.04. The smallest absolute Gasteiger partial charge is 0.318 e. The number of benzene rings is 2. The lowest BCUT2D eigenvalue weighted by molar-refractivity contribution is -0.123. The van der Waals surface area contributed by atoms with E-state index >= 15 is 0 Å². The minimum Gasteiger partial charge on any atom is -0.341 e. The molecule has 0 aromatic heterocycles. The highest BCUT2D eigenvalue weighted by Crippen LogP contribution is 2.32. The number of para-hydroxylation sites is 1. The van der Waals surface area contributed by atoms with Crippen molar-refractivity contribution in [1.29, 1.82) is 0 Å². The van der Waals surface area contributed by atoms with Gasteiger partial charge in [-0.1, -0.05) is 18.2 Å². The summed E-state index contributed by atoms with van der Waals surface area (Å²) < 4.78 is 0. The minimum absolute atomic E-state index is 0.110. The summed E-state index contributed by atoms with van der Waals surface area (Å²) >= 11 is 0. The van der Waals surface area contributed by atoms with Crippen LogP contribution in [0.25, 0.3) is 0 Å². The average Bonchev–Trinajstić information content (AvgIpc) is 2.62. The lowest BCUT2D eigenvalue weighted by Crippen LogP contribution is -2.30. The lowest BCUT2D eigenvalue weighted by Gasteiger charge is -2.24. The normalized spacial score (nSPS) is 15.6. The van der Waals surface area contributed by atoms with Crippen molar-refractivity contribution in [3.05, 3.63) is 54.1 Å². The van der Waals surface area contributed by atoms with E-state index in [0.29, 0.717) is 17.1 Å². The Kier molecular flexibility index (Phi) is 4.65. The summed E-state index contributed by atoms with van der Waals surface area (Å²) in [5, 5.41) is 10.7. The van der Waals surface area contributed by atoms with E-state index in [1.54, 1.807) is 30.3 Å². The molecule has 2 aromatic rings. The molecule has 4 amide bonds. The maximum absolute atomic E-state index is 12.6. The van der Waals surface area contributed by atoms with Crippen LogP contribution in [0, 0.1) is 0 Å². The second-order valence-corrected chi connectivity index (χ2v) is 5.66. The zero-order valence-electron chi connectivity index (χ0n) is 13.6. The maximum Gasteiger partial charge on any atom is 0.318 e. The second-order valence-electron chi connectivity index (χ2n) is 5.66. The Morgan fingerprint density at radius 3 is 2.32 bits per heavy atom. The molecular weight excluding hydrogens is 320 g/mol. The molecule has 2 aromatic carbocycles. The third-order valence-electron chi connectivity index (χ3n) is 3.95. The molecule has 4 N–H and O–H groups in total. The number of urea groups is 1.